The third-order valence-corrected chi connectivity index (χ3v) is 5.64. The Hall–Kier alpha value is -3.48. The van der Waals surface area contributed by atoms with Gasteiger partial charge in [-0.05, 0) is 42.3 Å². The van der Waals surface area contributed by atoms with Crippen molar-refractivity contribution in [2.75, 3.05) is 27.9 Å². The fraction of sp³-hybridized carbons (Fsp3) is 0.360. The van der Waals surface area contributed by atoms with Crippen LogP contribution in [0.5, 0.6) is 17.2 Å². The molecule has 1 amide bonds. The average molecular weight is 440 g/mol. The number of aliphatic hydroxyl groups is 1. The number of unbranched alkanes of at least 4 members (excludes halogenated alkanes) is 2. The summed E-state index contributed by atoms with van der Waals surface area (Å²) in [6.45, 7) is 2.49. The van der Waals surface area contributed by atoms with E-state index in [1.54, 1.807) is 49.6 Å². The molecule has 1 heterocycles. The van der Waals surface area contributed by atoms with Crippen LogP contribution in [-0.2, 0) is 9.59 Å². The molecular weight excluding hydrogens is 410 g/mol. The normalized spacial score (nSPS) is 17.5. The van der Waals surface area contributed by atoms with E-state index in [1.807, 2.05) is 0 Å². The van der Waals surface area contributed by atoms with Gasteiger partial charge in [-0.1, -0.05) is 31.9 Å². The lowest BCUT2D eigenvalue weighted by Crippen LogP contribution is -2.30. The molecule has 1 atom stereocenters. The standard InChI is InChI=1S/C25H29NO6/c1-5-6-7-14-26-22(16-8-10-17(30-2)11-9-16)21(24(28)25(26)29)23(27)19-15-18(31-3)12-13-20(19)32-4/h8-13,15,22,27H,5-7,14H2,1-4H3/b23-21+. The minimum absolute atomic E-state index is 0.0308. The maximum atomic E-state index is 13.1. The number of hydrogen-bond acceptors (Lipinski definition) is 6. The summed E-state index contributed by atoms with van der Waals surface area (Å²) in [6, 6.07) is 11.4. The first-order valence-corrected chi connectivity index (χ1v) is 10.6. The molecule has 2 aromatic carbocycles. The number of nitrogens with zero attached hydrogens (tertiary/aromatic N) is 1. The topological polar surface area (TPSA) is 85.3 Å². The predicted octanol–water partition coefficient (Wildman–Crippen LogP) is 4.32. The van der Waals surface area contributed by atoms with Gasteiger partial charge in [0, 0.05) is 6.54 Å². The number of aliphatic hydroxyl groups excluding tert-OH is 1. The van der Waals surface area contributed by atoms with Crippen molar-refractivity contribution in [3.8, 4) is 17.2 Å². The lowest BCUT2D eigenvalue weighted by molar-refractivity contribution is -0.139. The highest BCUT2D eigenvalue weighted by Crippen LogP contribution is 2.42. The van der Waals surface area contributed by atoms with E-state index in [2.05, 4.69) is 6.92 Å². The quantitative estimate of drug-likeness (QED) is 0.271. The maximum Gasteiger partial charge on any atom is 0.295 e. The molecule has 1 unspecified atom stereocenters. The van der Waals surface area contributed by atoms with Crippen LogP contribution in [0, 0.1) is 0 Å². The number of likely N-dealkylation sites (tertiary alicyclic amines) is 1. The van der Waals surface area contributed by atoms with E-state index in [0.29, 0.717) is 29.4 Å². The highest BCUT2D eigenvalue weighted by Gasteiger charge is 2.46. The number of ketones is 1. The Morgan fingerprint density at radius 2 is 1.59 bits per heavy atom. The summed E-state index contributed by atoms with van der Waals surface area (Å²) < 4.78 is 15.9. The van der Waals surface area contributed by atoms with Gasteiger partial charge in [-0.25, -0.2) is 0 Å². The summed E-state index contributed by atoms with van der Waals surface area (Å²) in [5.74, 6) is -0.112. The second-order valence-corrected chi connectivity index (χ2v) is 7.54. The smallest absolute Gasteiger partial charge is 0.295 e. The molecule has 7 heteroatoms. The van der Waals surface area contributed by atoms with Gasteiger partial charge >= 0.3 is 0 Å². The molecule has 32 heavy (non-hydrogen) atoms. The Kier molecular flexibility index (Phi) is 7.41. The van der Waals surface area contributed by atoms with Crippen LogP contribution in [0.2, 0.25) is 0 Å². The van der Waals surface area contributed by atoms with Crippen LogP contribution >= 0.6 is 0 Å². The Morgan fingerprint density at radius 1 is 0.938 bits per heavy atom. The number of carbonyl (C=O) groups is 2. The van der Waals surface area contributed by atoms with Gasteiger partial charge in [-0.3, -0.25) is 9.59 Å². The van der Waals surface area contributed by atoms with E-state index >= 15 is 0 Å². The van der Waals surface area contributed by atoms with E-state index < -0.39 is 17.7 Å². The molecule has 1 fully saturated rings. The molecule has 0 aliphatic carbocycles. The zero-order chi connectivity index (χ0) is 23.3. The monoisotopic (exact) mass is 439 g/mol. The van der Waals surface area contributed by atoms with Crippen molar-refractivity contribution in [3.05, 3.63) is 59.2 Å². The lowest BCUT2D eigenvalue weighted by atomic mass is 9.94. The van der Waals surface area contributed by atoms with Crippen molar-refractivity contribution in [1.82, 2.24) is 4.90 Å². The van der Waals surface area contributed by atoms with Gasteiger partial charge in [0.1, 0.15) is 23.0 Å². The number of benzene rings is 2. The van der Waals surface area contributed by atoms with Gasteiger partial charge in [-0.2, -0.15) is 0 Å². The Labute approximate surface area is 188 Å². The number of rotatable bonds is 9. The van der Waals surface area contributed by atoms with Gasteiger partial charge in [0.15, 0.2) is 0 Å². The third kappa shape index (κ3) is 4.42. The number of Topliss-reactive ketones (excluding diaryl/α,β-unsaturated/α-hetero) is 1. The van der Waals surface area contributed by atoms with E-state index in [1.165, 1.54) is 19.1 Å². The molecule has 1 aliphatic heterocycles. The van der Waals surface area contributed by atoms with E-state index in [4.69, 9.17) is 14.2 Å². The second kappa shape index (κ2) is 10.2. The van der Waals surface area contributed by atoms with Crippen molar-refractivity contribution in [2.45, 2.75) is 32.2 Å². The van der Waals surface area contributed by atoms with Crippen molar-refractivity contribution in [3.63, 3.8) is 0 Å². The number of ether oxygens (including phenoxy) is 3. The average Bonchev–Trinajstić information content (AvgIpc) is 3.08. The van der Waals surface area contributed by atoms with Crippen LogP contribution in [0.25, 0.3) is 5.76 Å². The van der Waals surface area contributed by atoms with Gasteiger partial charge in [0.05, 0.1) is 38.5 Å². The molecule has 0 bridgehead atoms. The molecule has 0 aromatic heterocycles. The molecule has 1 N–H and O–H groups in total. The van der Waals surface area contributed by atoms with E-state index in [0.717, 1.165) is 19.3 Å². The van der Waals surface area contributed by atoms with E-state index in [9.17, 15) is 14.7 Å². The molecule has 0 radical (unpaired) electrons. The lowest BCUT2D eigenvalue weighted by Gasteiger charge is -2.25. The molecule has 0 spiro atoms. The van der Waals surface area contributed by atoms with Crippen molar-refractivity contribution in [1.29, 1.82) is 0 Å². The zero-order valence-corrected chi connectivity index (χ0v) is 18.9. The van der Waals surface area contributed by atoms with Crippen LogP contribution in [0.4, 0.5) is 0 Å². The first kappa shape index (κ1) is 23.2. The number of amides is 1. The first-order valence-electron chi connectivity index (χ1n) is 10.6. The van der Waals surface area contributed by atoms with Crippen molar-refractivity contribution >= 4 is 17.4 Å². The highest BCUT2D eigenvalue weighted by atomic mass is 16.5. The molecule has 7 nitrogen and oxygen atoms in total. The number of methoxy groups -OCH3 is 3. The summed E-state index contributed by atoms with van der Waals surface area (Å²) in [7, 11) is 4.56. The van der Waals surface area contributed by atoms with Gasteiger partial charge in [-0.15, -0.1) is 0 Å². The maximum absolute atomic E-state index is 13.1. The summed E-state index contributed by atoms with van der Waals surface area (Å²) in [5.41, 5.74) is 1.03. The number of carbonyl (C=O) groups excluding carboxylic acids is 2. The number of hydrogen-bond donors (Lipinski definition) is 1. The van der Waals surface area contributed by atoms with Crippen molar-refractivity contribution < 1.29 is 28.9 Å². The zero-order valence-electron chi connectivity index (χ0n) is 18.9. The molecule has 170 valence electrons. The molecule has 0 saturated carbocycles. The molecular formula is C25H29NO6. The fourth-order valence-electron chi connectivity index (χ4n) is 3.92. The highest BCUT2D eigenvalue weighted by molar-refractivity contribution is 6.46. The Bertz CT molecular complexity index is 1010. The van der Waals surface area contributed by atoms with Gasteiger partial charge in [0.2, 0.25) is 0 Å². The summed E-state index contributed by atoms with van der Waals surface area (Å²) >= 11 is 0. The SMILES string of the molecule is CCCCCN1C(=O)C(=O)/C(=C(/O)c2cc(OC)ccc2OC)C1c1ccc(OC)cc1. The summed E-state index contributed by atoms with van der Waals surface area (Å²) in [5, 5.41) is 11.3. The largest absolute Gasteiger partial charge is 0.507 e. The summed E-state index contributed by atoms with van der Waals surface area (Å²) in [6.07, 6.45) is 2.68. The minimum atomic E-state index is -0.718. The van der Waals surface area contributed by atoms with E-state index in [-0.39, 0.29) is 16.9 Å². The molecule has 2 aromatic rings. The predicted molar refractivity (Wildman–Crippen MR) is 121 cm³/mol. The van der Waals surface area contributed by atoms with Gasteiger partial charge in [0.25, 0.3) is 11.7 Å². The Morgan fingerprint density at radius 3 is 2.19 bits per heavy atom. The van der Waals surface area contributed by atoms with Crippen LogP contribution in [0.1, 0.15) is 43.4 Å². The summed E-state index contributed by atoms with van der Waals surface area (Å²) in [4.78, 5) is 27.6. The van der Waals surface area contributed by atoms with Crippen LogP contribution in [0.3, 0.4) is 0 Å². The van der Waals surface area contributed by atoms with Gasteiger partial charge < -0.3 is 24.2 Å². The second-order valence-electron chi connectivity index (χ2n) is 7.54. The first-order chi connectivity index (χ1) is 15.5. The molecule has 1 saturated heterocycles. The Balaban J connectivity index is 2.18. The van der Waals surface area contributed by atoms with Crippen LogP contribution in [0.15, 0.2) is 48.0 Å². The van der Waals surface area contributed by atoms with Crippen LogP contribution in [-0.4, -0.2) is 49.6 Å². The van der Waals surface area contributed by atoms with Crippen molar-refractivity contribution in [2.24, 2.45) is 0 Å². The fourth-order valence-corrected chi connectivity index (χ4v) is 3.92. The molecule has 3 rings (SSSR count). The third-order valence-electron chi connectivity index (χ3n) is 5.64. The molecule has 1 aliphatic rings. The minimum Gasteiger partial charge on any atom is -0.507 e. The van der Waals surface area contributed by atoms with Crippen LogP contribution < -0.4 is 14.2 Å².